The molecule has 1 saturated heterocycles. The van der Waals surface area contributed by atoms with Crippen molar-refractivity contribution in [2.24, 2.45) is 0 Å². The number of piperidine rings is 1. The lowest BCUT2D eigenvalue weighted by molar-refractivity contribution is 0.293. The maximum Gasteiger partial charge on any atom is 0.215 e. The lowest BCUT2D eigenvalue weighted by Gasteiger charge is -2.31. The molecule has 0 aromatic rings. The Morgan fingerprint density at radius 1 is 1.25 bits per heavy atom. The van der Waals surface area contributed by atoms with Gasteiger partial charge in [-0.1, -0.05) is 0 Å². The number of nitrogens with zero attached hydrogens (tertiary/aromatic N) is 1. The van der Waals surface area contributed by atoms with Gasteiger partial charge in [0, 0.05) is 25.7 Å². The van der Waals surface area contributed by atoms with Gasteiger partial charge in [0.2, 0.25) is 20.0 Å². The summed E-state index contributed by atoms with van der Waals surface area (Å²) in [6.07, 6.45) is 1.79. The van der Waals surface area contributed by atoms with Gasteiger partial charge in [-0.2, -0.15) is 0 Å². The summed E-state index contributed by atoms with van der Waals surface area (Å²) in [6.45, 7) is 2.42. The summed E-state index contributed by atoms with van der Waals surface area (Å²) in [6, 6.07) is 0.177. The zero-order valence-corrected chi connectivity index (χ0v) is 14.3. The first-order chi connectivity index (χ1) is 8.80. The first kappa shape index (κ1) is 20.1. The van der Waals surface area contributed by atoms with E-state index in [0.29, 0.717) is 13.1 Å². The van der Waals surface area contributed by atoms with E-state index in [-0.39, 0.29) is 36.5 Å². The normalized spacial score (nSPS) is 21.4. The van der Waals surface area contributed by atoms with Gasteiger partial charge < -0.3 is 5.32 Å². The van der Waals surface area contributed by atoms with Crippen molar-refractivity contribution in [1.29, 1.82) is 0 Å². The Balaban J connectivity index is 0.00000361. The number of halogens is 1. The van der Waals surface area contributed by atoms with Crippen LogP contribution in [-0.4, -0.2) is 65.4 Å². The molecule has 1 rings (SSSR count). The van der Waals surface area contributed by atoms with Gasteiger partial charge in [-0.25, -0.2) is 25.9 Å². The standard InChI is InChI=1S/C10H23N3O4S2.ClH/c1-3-18(14,15)12-6-8-19(16,17)13-7-4-5-10(9-13)11-2;/h10-12H,3-9H2,1-2H3;1H. The number of sulfonamides is 2. The highest BCUT2D eigenvalue weighted by molar-refractivity contribution is 7.90. The van der Waals surface area contributed by atoms with E-state index in [1.807, 2.05) is 7.05 Å². The van der Waals surface area contributed by atoms with Crippen molar-refractivity contribution in [3.63, 3.8) is 0 Å². The van der Waals surface area contributed by atoms with Gasteiger partial charge >= 0.3 is 0 Å². The van der Waals surface area contributed by atoms with Gasteiger partial charge in [0.1, 0.15) is 0 Å². The number of rotatable bonds is 7. The molecule has 122 valence electrons. The Hall–Kier alpha value is 0.0700. The maximum absolute atomic E-state index is 12.1. The topological polar surface area (TPSA) is 95.6 Å². The third-order valence-corrected chi connectivity index (χ3v) is 6.49. The first-order valence-electron chi connectivity index (χ1n) is 6.43. The molecule has 0 amide bonds. The van der Waals surface area contributed by atoms with Crippen LogP contribution in [0.25, 0.3) is 0 Å². The minimum Gasteiger partial charge on any atom is -0.316 e. The van der Waals surface area contributed by atoms with Crippen molar-refractivity contribution < 1.29 is 16.8 Å². The molecule has 20 heavy (non-hydrogen) atoms. The molecule has 1 unspecified atom stereocenters. The minimum absolute atomic E-state index is 0. The highest BCUT2D eigenvalue weighted by Crippen LogP contribution is 2.13. The van der Waals surface area contributed by atoms with Crippen LogP contribution in [0.15, 0.2) is 0 Å². The predicted octanol–water partition coefficient (Wildman–Crippen LogP) is -0.639. The van der Waals surface area contributed by atoms with E-state index < -0.39 is 20.0 Å². The number of hydrogen-bond donors (Lipinski definition) is 2. The average molecular weight is 350 g/mol. The van der Waals surface area contributed by atoms with Crippen molar-refractivity contribution in [3.05, 3.63) is 0 Å². The molecule has 1 fully saturated rings. The van der Waals surface area contributed by atoms with Crippen LogP contribution in [0.5, 0.6) is 0 Å². The second-order valence-electron chi connectivity index (χ2n) is 4.60. The highest BCUT2D eigenvalue weighted by atomic mass is 35.5. The maximum atomic E-state index is 12.1. The summed E-state index contributed by atoms with van der Waals surface area (Å²) >= 11 is 0. The van der Waals surface area contributed by atoms with E-state index >= 15 is 0 Å². The van der Waals surface area contributed by atoms with Gasteiger partial charge in [0.15, 0.2) is 0 Å². The zero-order valence-electron chi connectivity index (χ0n) is 11.8. The van der Waals surface area contributed by atoms with Crippen molar-refractivity contribution in [3.8, 4) is 0 Å². The van der Waals surface area contributed by atoms with Crippen LogP contribution in [0.3, 0.4) is 0 Å². The van der Waals surface area contributed by atoms with Gasteiger partial charge in [-0.15, -0.1) is 12.4 Å². The minimum atomic E-state index is -3.39. The largest absolute Gasteiger partial charge is 0.316 e. The molecule has 0 aromatic carbocycles. The second-order valence-corrected chi connectivity index (χ2v) is 8.78. The van der Waals surface area contributed by atoms with E-state index in [4.69, 9.17) is 0 Å². The molecule has 0 radical (unpaired) electrons. The third kappa shape index (κ3) is 6.23. The van der Waals surface area contributed by atoms with Crippen LogP contribution in [0.4, 0.5) is 0 Å². The summed E-state index contributed by atoms with van der Waals surface area (Å²) in [7, 11) is -4.91. The Labute approximate surface area is 128 Å². The molecule has 1 heterocycles. The highest BCUT2D eigenvalue weighted by Gasteiger charge is 2.28. The molecule has 10 heteroatoms. The lowest BCUT2D eigenvalue weighted by Crippen LogP contribution is -2.48. The summed E-state index contributed by atoms with van der Waals surface area (Å²) in [5.41, 5.74) is 0. The van der Waals surface area contributed by atoms with Crippen LogP contribution >= 0.6 is 12.4 Å². The van der Waals surface area contributed by atoms with Crippen LogP contribution in [0.2, 0.25) is 0 Å². The number of likely N-dealkylation sites (N-methyl/N-ethyl adjacent to an activating group) is 1. The second kappa shape index (κ2) is 8.50. The van der Waals surface area contributed by atoms with Gasteiger partial charge in [0.25, 0.3) is 0 Å². The molecule has 0 aliphatic carbocycles. The number of nitrogens with one attached hydrogen (secondary N) is 2. The molecule has 0 saturated carbocycles. The molecule has 2 N–H and O–H groups in total. The Kier molecular flexibility index (Phi) is 8.53. The quantitative estimate of drug-likeness (QED) is 0.637. The fourth-order valence-electron chi connectivity index (χ4n) is 1.99. The molecule has 0 bridgehead atoms. The van der Waals surface area contributed by atoms with E-state index in [2.05, 4.69) is 10.0 Å². The van der Waals surface area contributed by atoms with Gasteiger partial charge in [0.05, 0.1) is 11.5 Å². The van der Waals surface area contributed by atoms with E-state index in [1.54, 1.807) is 0 Å². The average Bonchev–Trinajstić information content (AvgIpc) is 2.38. The Morgan fingerprint density at radius 2 is 1.90 bits per heavy atom. The van der Waals surface area contributed by atoms with E-state index in [0.717, 1.165) is 12.8 Å². The van der Waals surface area contributed by atoms with Crippen LogP contribution < -0.4 is 10.0 Å². The zero-order chi connectivity index (χ0) is 14.5. The molecule has 1 aliphatic rings. The fraction of sp³-hybridized carbons (Fsp3) is 1.00. The molecule has 1 atom stereocenters. The van der Waals surface area contributed by atoms with Gasteiger partial charge in [-0.05, 0) is 26.8 Å². The molecule has 7 nitrogen and oxygen atoms in total. The predicted molar refractivity (Wildman–Crippen MR) is 82.2 cm³/mol. The van der Waals surface area contributed by atoms with Crippen molar-refractivity contribution >= 4 is 32.5 Å². The van der Waals surface area contributed by atoms with E-state index in [1.165, 1.54) is 11.2 Å². The van der Waals surface area contributed by atoms with Crippen LogP contribution in [-0.2, 0) is 20.0 Å². The lowest BCUT2D eigenvalue weighted by atomic mass is 10.1. The smallest absolute Gasteiger partial charge is 0.215 e. The van der Waals surface area contributed by atoms with Crippen LogP contribution in [0, 0.1) is 0 Å². The number of hydrogen-bond acceptors (Lipinski definition) is 5. The molecular weight excluding hydrogens is 326 g/mol. The molecule has 1 aliphatic heterocycles. The SMILES string of the molecule is CCS(=O)(=O)NCCS(=O)(=O)N1CCCC(NC)C1.Cl. The first-order valence-corrected chi connectivity index (χ1v) is 9.69. The van der Waals surface area contributed by atoms with E-state index in [9.17, 15) is 16.8 Å². The summed E-state index contributed by atoms with van der Waals surface area (Å²) in [5.74, 6) is -0.235. The summed E-state index contributed by atoms with van der Waals surface area (Å²) in [4.78, 5) is 0. The van der Waals surface area contributed by atoms with Gasteiger partial charge in [-0.3, -0.25) is 0 Å². The van der Waals surface area contributed by atoms with Crippen molar-refractivity contribution in [2.45, 2.75) is 25.8 Å². The monoisotopic (exact) mass is 349 g/mol. The molecule has 0 aromatic heterocycles. The summed E-state index contributed by atoms with van der Waals surface area (Å²) in [5, 5.41) is 3.08. The Morgan fingerprint density at radius 3 is 2.45 bits per heavy atom. The van der Waals surface area contributed by atoms with Crippen molar-refractivity contribution in [2.75, 3.05) is 38.2 Å². The Bertz CT molecular complexity index is 481. The fourth-order valence-corrected chi connectivity index (χ4v) is 4.17. The molecule has 0 spiro atoms. The van der Waals surface area contributed by atoms with Crippen LogP contribution in [0.1, 0.15) is 19.8 Å². The third-order valence-electron chi connectivity index (χ3n) is 3.25. The summed E-state index contributed by atoms with van der Waals surface area (Å²) < 4.78 is 50.4. The van der Waals surface area contributed by atoms with Crippen molar-refractivity contribution in [1.82, 2.24) is 14.3 Å². The molecular formula is C10H24ClN3O4S2.